The number of hydrogen-bond donors (Lipinski definition) is 2. The molecule has 0 aliphatic heterocycles. The van der Waals surface area contributed by atoms with Crippen LogP contribution in [-0.2, 0) is 0 Å². The van der Waals surface area contributed by atoms with Crippen LogP contribution in [0, 0.1) is 9.39 Å². The summed E-state index contributed by atoms with van der Waals surface area (Å²) in [4.78, 5) is 0.190. The zero-order valence-corrected chi connectivity index (χ0v) is 12.3. The number of anilines is 2. The van der Waals surface area contributed by atoms with Gasteiger partial charge in [0.2, 0.25) is 0 Å². The van der Waals surface area contributed by atoms with E-state index in [4.69, 9.17) is 18.0 Å². The number of hydrogen-bond acceptors (Lipinski definition) is 2. The highest BCUT2D eigenvalue weighted by Crippen LogP contribution is 2.24. The minimum Gasteiger partial charge on any atom is -0.389 e. The summed E-state index contributed by atoms with van der Waals surface area (Å²) in [5.41, 5.74) is 7.24. The second-order valence-corrected chi connectivity index (χ2v) is 5.27. The van der Waals surface area contributed by atoms with E-state index in [9.17, 15) is 4.39 Å². The Morgan fingerprint density at radius 1 is 1.17 bits per heavy atom. The first-order valence-electron chi connectivity index (χ1n) is 5.19. The summed E-state index contributed by atoms with van der Waals surface area (Å²) in [6.45, 7) is 0. The van der Waals surface area contributed by atoms with Crippen LogP contribution < -0.4 is 11.1 Å². The van der Waals surface area contributed by atoms with E-state index in [1.807, 2.05) is 24.3 Å². The maximum atomic E-state index is 13.8. The SMILES string of the molecule is NC(=S)c1ccc(Nc2ccccc2I)c(F)c1. The van der Waals surface area contributed by atoms with Crippen LogP contribution in [0.1, 0.15) is 5.56 Å². The van der Waals surface area contributed by atoms with Crippen molar-refractivity contribution < 1.29 is 4.39 Å². The fourth-order valence-corrected chi connectivity index (χ4v) is 2.13. The molecule has 0 atom stereocenters. The van der Waals surface area contributed by atoms with Crippen molar-refractivity contribution in [3.63, 3.8) is 0 Å². The molecule has 0 radical (unpaired) electrons. The lowest BCUT2D eigenvalue weighted by Crippen LogP contribution is -2.09. The molecule has 0 spiro atoms. The lowest BCUT2D eigenvalue weighted by molar-refractivity contribution is 0.631. The maximum absolute atomic E-state index is 13.8. The van der Waals surface area contributed by atoms with Crippen LogP contribution in [0.5, 0.6) is 0 Å². The van der Waals surface area contributed by atoms with E-state index in [-0.39, 0.29) is 10.8 Å². The Morgan fingerprint density at radius 3 is 2.50 bits per heavy atom. The van der Waals surface area contributed by atoms with Gasteiger partial charge in [0.1, 0.15) is 10.8 Å². The van der Waals surface area contributed by atoms with Gasteiger partial charge >= 0.3 is 0 Å². The predicted octanol–water partition coefficient (Wildman–Crippen LogP) is 3.81. The van der Waals surface area contributed by atoms with E-state index < -0.39 is 0 Å². The third-order valence-corrected chi connectivity index (χ3v) is 3.57. The van der Waals surface area contributed by atoms with E-state index >= 15 is 0 Å². The molecule has 0 unspecified atom stereocenters. The topological polar surface area (TPSA) is 38.0 Å². The Labute approximate surface area is 124 Å². The van der Waals surface area contributed by atoms with Crippen LogP contribution in [0.15, 0.2) is 42.5 Å². The first kappa shape index (κ1) is 13.2. The highest BCUT2D eigenvalue weighted by molar-refractivity contribution is 14.1. The molecule has 0 saturated carbocycles. The predicted molar refractivity (Wildman–Crippen MR) is 84.7 cm³/mol. The summed E-state index contributed by atoms with van der Waals surface area (Å²) in [5.74, 6) is -0.375. The van der Waals surface area contributed by atoms with Gasteiger partial charge in [-0.3, -0.25) is 0 Å². The fourth-order valence-electron chi connectivity index (χ4n) is 1.48. The second-order valence-electron chi connectivity index (χ2n) is 3.66. The summed E-state index contributed by atoms with van der Waals surface area (Å²) >= 11 is 7.00. The number of thiocarbonyl (C=S) groups is 1. The summed E-state index contributed by atoms with van der Waals surface area (Å²) in [7, 11) is 0. The average molecular weight is 372 g/mol. The Balaban J connectivity index is 2.30. The van der Waals surface area contributed by atoms with E-state index in [2.05, 4.69) is 27.9 Å². The van der Waals surface area contributed by atoms with Gasteiger partial charge in [-0.15, -0.1) is 0 Å². The molecule has 18 heavy (non-hydrogen) atoms. The molecule has 2 nitrogen and oxygen atoms in total. The summed E-state index contributed by atoms with van der Waals surface area (Å²) in [5, 5.41) is 3.04. The molecule has 0 aliphatic carbocycles. The van der Waals surface area contributed by atoms with Gasteiger partial charge < -0.3 is 11.1 Å². The third-order valence-electron chi connectivity index (χ3n) is 2.40. The molecule has 5 heteroatoms. The minimum atomic E-state index is -0.375. The van der Waals surface area contributed by atoms with Crippen molar-refractivity contribution in [1.82, 2.24) is 0 Å². The van der Waals surface area contributed by atoms with E-state index in [1.54, 1.807) is 12.1 Å². The number of para-hydroxylation sites is 1. The molecule has 0 aliphatic rings. The van der Waals surface area contributed by atoms with Crippen LogP contribution in [-0.4, -0.2) is 4.99 Å². The van der Waals surface area contributed by atoms with E-state index in [0.717, 1.165) is 9.26 Å². The average Bonchev–Trinajstić information content (AvgIpc) is 2.34. The molecule has 3 N–H and O–H groups in total. The van der Waals surface area contributed by atoms with Gasteiger partial charge in [0.25, 0.3) is 0 Å². The number of halogens is 2. The van der Waals surface area contributed by atoms with Crippen LogP contribution in [0.25, 0.3) is 0 Å². The van der Waals surface area contributed by atoms with Gasteiger partial charge in [-0.1, -0.05) is 24.4 Å². The van der Waals surface area contributed by atoms with E-state index in [0.29, 0.717) is 11.3 Å². The van der Waals surface area contributed by atoms with Gasteiger partial charge in [-0.2, -0.15) is 0 Å². The van der Waals surface area contributed by atoms with Crippen LogP contribution in [0.2, 0.25) is 0 Å². The molecule has 2 aromatic rings. The first-order valence-corrected chi connectivity index (χ1v) is 6.67. The first-order chi connectivity index (χ1) is 8.58. The Kier molecular flexibility index (Phi) is 4.13. The normalized spacial score (nSPS) is 10.1. The Hall–Kier alpha value is -1.21. The minimum absolute atomic E-state index is 0.190. The molecule has 0 aromatic heterocycles. The molecular weight excluding hydrogens is 362 g/mol. The quantitative estimate of drug-likeness (QED) is 0.636. The van der Waals surface area contributed by atoms with E-state index in [1.165, 1.54) is 6.07 Å². The van der Waals surface area contributed by atoms with Crippen molar-refractivity contribution in [1.29, 1.82) is 0 Å². The Morgan fingerprint density at radius 2 is 1.89 bits per heavy atom. The molecule has 0 fully saturated rings. The van der Waals surface area contributed by atoms with Gasteiger partial charge in [0.05, 0.1) is 11.4 Å². The largest absolute Gasteiger partial charge is 0.389 e. The van der Waals surface area contributed by atoms with Gasteiger partial charge in [-0.25, -0.2) is 4.39 Å². The van der Waals surface area contributed by atoms with Gasteiger partial charge in [0, 0.05) is 9.13 Å². The van der Waals surface area contributed by atoms with Gasteiger partial charge in [0.15, 0.2) is 0 Å². The number of nitrogens with one attached hydrogen (secondary N) is 1. The zero-order valence-electron chi connectivity index (χ0n) is 9.28. The second kappa shape index (κ2) is 5.62. The molecular formula is C13H10FIN2S. The third kappa shape index (κ3) is 2.97. The lowest BCUT2D eigenvalue weighted by Gasteiger charge is -2.10. The van der Waals surface area contributed by atoms with Gasteiger partial charge in [-0.05, 0) is 52.9 Å². The van der Waals surface area contributed by atoms with Crippen molar-refractivity contribution >= 4 is 51.2 Å². The summed E-state index contributed by atoms with van der Waals surface area (Å²) in [6, 6.07) is 12.3. The molecule has 92 valence electrons. The number of benzene rings is 2. The van der Waals surface area contributed by atoms with Crippen molar-refractivity contribution in [3.05, 3.63) is 57.4 Å². The maximum Gasteiger partial charge on any atom is 0.147 e. The standard InChI is InChI=1S/C13H10FIN2S/c14-9-7-8(13(16)18)5-6-11(9)17-12-4-2-1-3-10(12)15/h1-7,17H,(H2,16,18). The highest BCUT2D eigenvalue weighted by atomic mass is 127. The van der Waals surface area contributed by atoms with Crippen molar-refractivity contribution in [3.8, 4) is 0 Å². The van der Waals surface area contributed by atoms with Crippen LogP contribution in [0.3, 0.4) is 0 Å². The van der Waals surface area contributed by atoms with Crippen LogP contribution in [0.4, 0.5) is 15.8 Å². The summed E-state index contributed by atoms with van der Waals surface area (Å²) < 4.78 is 14.9. The zero-order chi connectivity index (χ0) is 13.1. The monoisotopic (exact) mass is 372 g/mol. The molecule has 0 amide bonds. The Bertz CT molecular complexity index is 601. The summed E-state index contributed by atoms with van der Waals surface area (Å²) in [6.07, 6.45) is 0. The fraction of sp³-hybridized carbons (Fsp3) is 0. The highest BCUT2D eigenvalue weighted by Gasteiger charge is 2.06. The molecule has 0 heterocycles. The van der Waals surface area contributed by atoms with Crippen molar-refractivity contribution in [2.24, 2.45) is 5.73 Å². The van der Waals surface area contributed by atoms with Crippen molar-refractivity contribution in [2.45, 2.75) is 0 Å². The molecule has 0 saturated heterocycles. The van der Waals surface area contributed by atoms with Crippen molar-refractivity contribution in [2.75, 3.05) is 5.32 Å². The van der Waals surface area contributed by atoms with Crippen LogP contribution >= 0.6 is 34.8 Å². The molecule has 2 aromatic carbocycles. The smallest absolute Gasteiger partial charge is 0.147 e. The molecule has 2 rings (SSSR count). The molecule has 0 bridgehead atoms. The number of rotatable bonds is 3. The number of nitrogens with two attached hydrogens (primary N) is 1. The lowest BCUT2D eigenvalue weighted by atomic mass is 10.2.